The molecule has 3 aromatic heterocycles. The minimum Gasteiger partial charge on any atom is -0.460 e. The summed E-state index contributed by atoms with van der Waals surface area (Å²) in [7, 11) is 0. The molecule has 4 rings (SSSR count). The standard InChI is InChI=1S/C20H15N3O3S/c1-12-8-9-17(26-12)16-11-14(13-5-2-3-6-15(13)21-16)19(24)22-23-20(25)18-7-4-10-27-18/h2-11H,1H3,(H,22,24)(H,23,25). The highest BCUT2D eigenvalue weighted by atomic mass is 32.1. The van der Waals surface area contributed by atoms with Crippen molar-refractivity contribution in [3.8, 4) is 11.5 Å². The van der Waals surface area contributed by atoms with E-state index in [4.69, 9.17) is 4.42 Å². The number of pyridine rings is 1. The Bertz CT molecular complexity index is 1130. The van der Waals surface area contributed by atoms with Crippen LogP contribution in [0.1, 0.15) is 25.8 Å². The molecule has 0 spiro atoms. The molecule has 7 heteroatoms. The highest BCUT2D eigenvalue weighted by Crippen LogP contribution is 2.26. The fourth-order valence-corrected chi connectivity index (χ4v) is 3.33. The summed E-state index contributed by atoms with van der Waals surface area (Å²) in [5.41, 5.74) is 6.53. The first-order valence-corrected chi connectivity index (χ1v) is 9.10. The molecule has 0 atom stereocenters. The Hall–Kier alpha value is -3.45. The highest BCUT2D eigenvalue weighted by molar-refractivity contribution is 7.12. The first-order valence-electron chi connectivity index (χ1n) is 8.22. The van der Waals surface area contributed by atoms with Crippen LogP contribution in [-0.2, 0) is 0 Å². The van der Waals surface area contributed by atoms with Gasteiger partial charge in [0.05, 0.1) is 16.0 Å². The molecular weight excluding hydrogens is 362 g/mol. The van der Waals surface area contributed by atoms with Crippen LogP contribution in [0.15, 0.2) is 64.4 Å². The molecule has 0 aliphatic heterocycles. The smallest absolute Gasteiger partial charge is 0.279 e. The van der Waals surface area contributed by atoms with Crippen molar-refractivity contribution in [2.24, 2.45) is 0 Å². The van der Waals surface area contributed by atoms with Gasteiger partial charge in [-0.15, -0.1) is 11.3 Å². The fourth-order valence-electron chi connectivity index (χ4n) is 2.71. The number of aromatic nitrogens is 1. The van der Waals surface area contributed by atoms with Crippen molar-refractivity contribution >= 4 is 34.1 Å². The number of fused-ring (bicyclic) bond motifs is 1. The number of hydrogen-bond donors (Lipinski definition) is 2. The van der Waals surface area contributed by atoms with Gasteiger partial charge in [0.1, 0.15) is 11.5 Å². The van der Waals surface area contributed by atoms with Crippen molar-refractivity contribution in [2.45, 2.75) is 6.92 Å². The lowest BCUT2D eigenvalue weighted by Gasteiger charge is -2.10. The van der Waals surface area contributed by atoms with Crippen LogP contribution in [0.4, 0.5) is 0 Å². The predicted octanol–water partition coefficient (Wildman–Crippen LogP) is 3.94. The average molecular weight is 377 g/mol. The minimum absolute atomic E-state index is 0.362. The number of rotatable bonds is 3. The molecule has 3 heterocycles. The third-order valence-corrected chi connectivity index (χ3v) is 4.86. The summed E-state index contributed by atoms with van der Waals surface area (Å²) in [6.45, 7) is 1.85. The van der Waals surface area contributed by atoms with E-state index in [1.807, 2.05) is 43.3 Å². The molecule has 6 nitrogen and oxygen atoms in total. The van der Waals surface area contributed by atoms with Gasteiger partial charge in [0.2, 0.25) is 0 Å². The van der Waals surface area contributed by atoms with Crippen LogP contribution in [0.25, 0.3) is 22.4 Å². The van der Waals surface area contributed by atoms with E-state index in [1.165, 1.54) is 11.3 Å². The summed E-state index contributed by atoms with van der Waals surface area (Å²) in [6.07, 6.45) is 0. The van der Waals surface area contributed by atoms with E-state index in [-0.39, 0.29) is 5.91 Å². The summed E-state index contributed by atoms with van der Waals surface area (Å²) in [6, 6.07) is 16.1. The molecule has 0 fully saturated rings. The highest BCUT2D eigenvalue weighted by Gasteiger charge is 2.16. The van der Waals surface area contributed by atoms with Gasteiger partial charge in [0.25, 0.3) is 11.8 Å². The number of hydrazine groups is 1. The molecule has 0 bridgehead atoms. The fraction of sp³-hybridized carbons (Fsp3) is 0.0500. The molecule has 2 N–H and O–H groups in total. The molecule has 0 saturated heterocycles. The Labute approximate surface area is 158 Å². The molecule has 134 valence electrons. The van der Waals surface area contributed by atoms with Gasteiger partial charge < -0.3 is 4.42 Å². The van der Waals surface area contributed by atoms with Crippen LogP contribution < -0.4 is 10.9 Å². The lowest BCUT2D eigenvalue weighted by Crippen LogP contribution is -2.41. The summed E-state index contributed by atoms with van der Waals surface area (Å²) >= 11 is 1.30. The number of nitrogens with zero attached hydrogens (tertiary/aromatic N) is 1. The quantitative estimate of drug-likeness (QED) is 0.530. The van der Waals surface area contributed by atoms with E-state index >= 15 is 0 Å². The number of carbonyl (C=O) groups excluding carboxylic acids is 2. The second kappa shape index (κ2) is 7.05. The summed E-state index contributed by atoms with van der Waals surface area (Å²) in [5.74, 6) is 0.547. The van der Waals surface area contributed by atoms with Crippen LogP contribution in [0.2, 0.25) is 0 Å². The Morgan fingerprint density at radius 2 is 1.81 bits per heavy atom. The zero-order chi connectivity index (χ0) is 18.8. The molecule has 0 unspecified atom stereocenters. The van der Waals surface area contributed by atoms with Crippen LogP contribution >= 0.6 is 11.3 Å². The van der Waals surface area contributed by atoms with E-state index in [0.29, 0.717) is 32.8 Å². The van der Waals surface area contributed by atoms with Gasteiger partial charge in [-0.3, -0.25) is 20.4 Å². The molecule has 2 amide bonds. The summed E-state index contributed by atoms with van der Waals surface area (Å²) < 4.78 is 5.64. The molecule has 0 saturated carbocycles. The number of benzene rings is 1. The van der Waals surface area contributed by atoms with E-state index in [2.05, 4.69) is 15.8 Å². The van der Waals surface area contributed by atoms with Crippen molar-refractivity contribution in [2.75, 3.05) is 0 Å². The van der Waals surface area contributed by atoms with Gasteiger partial charge in [-0.1, -0.05) is 24.3 Å². The first-order chi connectivity index (χ1) is 13.1. The SMILES string of the molecule is Cc1ccc(-c2cc(C(=O)NNC(=O)c3cccs3)c3ccccc3n2)o1. The molecule has 1 aromatic carbocycles. The van der Waals surface area contributed by atoms with Crippen molar-refractivity contribution in [1.29, 1.82) is 0 Å². The largest absolute Gasteiger partial charge is 0.460 e. The van der Waals surface area contributed by atoms with Crippen LogP contribution in [-0.4, -0.2) is 16.8 Å². The van der Waals surface area contributed by atoms with E-state index < -0.39 is 5.91 Å². The third kappa shape index (κ3) is 3.45. The third-order valence-electron chi connectivity index (χ3n) is 3.99. The van der Waals surface area contributed by atoms with Crippen molar-refractivity contribution in [3.63, 3.8) is 0 Å². The van der Waals surface area contributed by atoms with Crippen molar-refractivity contribution in [1.82, 2.24) is 15.8 Å². The summed E-state index contributed by atoms with van der Waals surface area (Å²) in [4.78, 5) is 29.9. The number of hydrogen-bond acceptors (Lipinski definition) is 5. The van der Waals surface area contributed by atoms with E-state index in [0.717, 1.165) is 5.76 Å². The Balaban J connectivity index is 1.67. The number of thiophene rings is 1. The number of amides is 2. The average Bonchev–Trinajstić information content (AvgIpc) is 3.37. The number of nitrogens with one attached hydrogen (secondary N) is 2. The number of carbonyl (C=O) groups is 2. The van der Waals surface area contributed by atoms with Gasteiger partial charge >= 0.3 is 0 Å². The van der Waals surface area contributed by atoms with Crippen LogP contribution in [0.3, 0.4) is 0 Å². The summed E-state index contributed by atoms with van der Waals surface area (Å²) in [5, 5.41) is 2.48. The molecular formula is C20H15N3O3S. The van der Waals surface area contributed by atoms with Gasteiger partial charge in [0.15, 0.2) is 5.76 Å². The second-order valence-corrected chi connectivity index (χ2v) is 6.82. The number of furan rings is 1. The maximum absolute atomic E-state index is 12.7. The van der Waals surface area contributed by atoms with E-state index in [1.54, 1.807) is 23.6 Å². The van der Waals surface area contributed by atoms with Gasteiger partial charge in [-0.25, -0.2) is 4.98 Å². The Morgan fingerprint density at radius 3 is 2.56 bits per heavy atom. The van der Waals surface area contributed by atoms with Crippen LogP contribution in [0.5, 0.6) is 0 Å². The van der Waals surface area contributed by atoms with Crippen molar-refractivity contribution in [3.05, 3.63) is 76.2 Å². The van der Waals surface area contributed by atoms with Gasteiger partial charge in [0, 0.05) is 5.39 Å². The molecule has 0 aliphatic rings. The molecule has 27 heavy (non-hydrogen) atoms. The zero-order valence-electron chi connectivity index (χ0n) is 14.4. The molecule has 0 aliphatic carbocycles. The normalized spacial score (nSPS) is 10.7. The lowest BCUT2D eigenvalue weighted by atomic mass is 10.1. The zero-order valence-corrected chi connectivity index (χ0v) is 15.2. The van der Waals surface area contributed by atoms with Gasteiger partial charge in [-0.2, -0.15) is 0 Å². The second-order valence-electron chi connectivity index (χ2n) is 5.87. The minimum atomic E-state index is -0.428. The van der Waals surface area contributed by atoms with Crippen LogP contribution in [0, 0.1) is 6.92 Å². The van der Waals surface area contributed by atoms with Gasteiger partial charge in [-0.05, 0) is 42.6 Å². The molecule has 4 aromatic rings. The molecule has 0 radical (unpaired) electrons. The number of aryl methyl sites for hydroxylation is 1. The predicted molar refractivity (Wildman–Crippen MR) is 103 cm³/mol. The monoisotopic (exact) mass is 377 g/mol. The maximum atomic E-state index is 12.7. The lowest BCUT2D eigenvalue weighted by molar-refractivity contribution is 0.0850. The topological polar surface area (TPSA) is 84.2 Å². The van der Waals surface area contributed by atoms with E-state index in [9.17, 15) is 9.59 Å². The Morgan fingerprint density at radius 1 is 1.00 bits per heavy atom. The number of para-hydroxylation sites is 1. The first kappa shape index (κ1) is 17.0. The van der Waals surface area contributed by atoms with Crippen molar-refractivity contribution < 1.29 is 14.0 Å². The Kier molecular flexibility index (Phi) is 4.43. The maximum Gasteiger partial charge on any atom is 0.279 e.